The Morgan fingerprint density at radius 3 is 2.92 bits per heavy atom. The third kappa shape index (κ3) is 3.06. The van der Waals surface area contributed by atoms with Gasteiger partial charge in [0.05, 0.1) is 11.9 Å². The molecule has 25 heavy (non-hydrogen) atoms. The van der Waals surface area contributed by atoms with Gasteiger partial charge in [0.2, 0.25) is 0 Å². The quantitative estimate of drug-likeness (QED) is 0.605. The summed E-state index contributed by atoms with van der Waals surface area (Å²) in [5.41, 5.74) is 2.06. The minimum atomic E-state index is -0.327. The third-order valence-corrected chi connectivity index (χ3v) is 3.70. The lowest BCUT2D eigenvalue weighted by atomic mass is 10.2. The van der Waals surface area contributed by atoms with E-state index in [2.05, 4.69) is 32.6 Å². The molecule has 0 radical (unpaired) electrons. The van der Waals surface area contributed by atoms with Gasteiger partial charge in [-0.05, 0) is 30.7 Å². The molecular weight excluding hydrogens is 321 g/mol. The minimum absolute atomic E-state index is 0.327. The van der Waals surface area contributed by atoms with E-state index in [0.717, 1.165) is 18.7 Å². The molecule has 0 aliphatic rings. The number of benzene rings is 1. The number of aromatic nitrogens is 6. The molecule has 4 rings (SSSR count). The van der Waals surface area contributed by atoms with Crippen LogP contribution >= 0.6 is 0 Å². The Morgan fingerprint density at radius 1 is 1.16 bits per heavy atom. The summed E-state index contributed by atoms with van der Waals surface area (Å²) >= 11 is 0. The van der Waals surface area contributed by atoms with Crippen molar-refractivity contribution in [1.29, 1.82) is 0 Å². The van der Waals surface area contributed by atoms with Crippen molar-refractivity contribution in [3.05, 3.63) is 54.6 Å². The van der Waals surface area contributed by atoms with E-state index in [-0.39, 0.29) is 5.82 Å². The van der Waals surface area contributed by atoms with Crippen molar-refractivity contribution in [2.75, 3.05) is 5.32 Å². The van der Waals surface area contributed by atoms with Crippen LogP contribution in [0.25, 0.3) is 17.0 Å². The van der Waals surface area contributed by atoms with Gasteiger partial charge in [-0.2, -0.15) is 9.61 Å². The Balaban J connectivity index is 1.68. The average Bonchev–Trinajstić information content (AvgIpc) is 3.22. The summed E-state index contributed by atoms with van der Waals surface area (Å²) in [5, 5.41) is 20.2. The van der Waals surface area contributed by atoms with Gasteiger partial charge >= 0.3 is 0 Å². The second kappa shape index (κ2) is 6.31. The number of fused-ring (bicyclic) bond motifs is 1. The lowest BCUT2D eigenvalue weighted by Crippen LogP contribution is -2.00. The topological polar surface area (TPSA) is 72.9 Å². The second-order valence-corrected chi connectivity index (χ2v) is 5.64. The van der Waals surface area contributed by atoms with Crippen LogP contribution in [0, 0.1) is 5.82 Å². The van der Waals surface area contributed by atoms with Crippen molar-refractivity contribution in [3.8, 4) is 11.4 Å². The van der Waals surface area contributed by atoms with Gasteiger partial charge < -0.3 is 5.32 Å². The highest BCUT2D eigenvalue weighted by molar-refractivity contribution is 5.61. The SMILES string of the molecule is CCCn1cc(Nc2ccc3nnc(-c4cccc(F)c4)n3n2)cn1. The monoisotopic (exact) mass is 337 g/mol. The highest BCUT2D eigenvalue weighted by Gasteiger charge is 2.11. The van der Waals surface area contributed by atoms with Crippen LogP contribution in [-0.4, -0.2) is 29.6 Å². The van der Waals surface area contributed by atoms with E-state index in [1.165, 1.54) is 12.1 Å². The minimum Gasteiger partial charge on any atom is -0.336 e. The molecule has 8 heteroatoms. The molecule has 0 saturated carbocycles. The Morgan fingerprint density at radius 2 is 2.08 bits per heavy atom. The second-order valence-electron chi connectivity index (χ2n) is 5.64. The van der Waals surface area contributed by atoms with E-state index in [9.17, 15) is 4.39 Å². The molecule has 0 fully saturated rings. The summed E-state index contributed by atoms with van der Waals surface area (Å²) in [6.45, 7) is 2.97. The Kier molecular flexibility index (Phi) is 3.85. The largest absolute Gasteiger partial charge is 0.336 e. The van der Waals surface area contributed by atoms with E-state index in [1.54, 1.807) is 22.8 Å². The molecule has 0 aliphatic carbocycles. The first-order valence-corrected chi connectivity index (χ1v) is 8.01. The van der Waals surface area contributed by atoms with Crippen molar-refractivity contribution >= 4 is 17.2 Å². The summed E-state index contributed by atoms with van der Waals surface area (Å²) < 4.78 is 17.0. The lowest BCUT2D eigenvalue weighted by molar-refractivity contribution is 0.603. The lowest BCUT2D eigenvalue weighted by Gasteiger charge is -2.04. The first-order valence-electron chi connectivity index (χ1n) is 8.01. The van der Waals surface area contributed by atoms with Crippen molar-refractivity contribution in [3.63, 3.8) is 0 Å². The van der Waals surface area contributed by atoms with Gasteiger partial charge in [0.25, 0.3) is 0 Å². The van der Waals surface area contributed by atoms with E-state index in [4.69, 9.17) is 0 Å². The maximum Gasteiger partial charge on any atom is 0.185 e. The molecule has 7 nitrogen and oxygen atoms in total. The van der Waals surface area contributed by atoms with E-state index in [1.807, 2.05) is 23.0 Å². The van der Waals surface area contributed by atoms with Crippen LogP contribution < -0.4 is 5.32 Å². The van der Waals surface area contributed by atoms with Crippen LogP contribution in [0.3, 0.4) is 0 Å². The number of anilines is 2. The number of rotatable bonds is 5. The third-order valence-electron chi connectivity index (χ3n) is 3.70. The predicted octanol–water partition coefficient (Wildman–Crippen LogP) is 3.28. The van der Waals surface area contributed by atoms with Crippen molar-refractivity contribution in [2.45, 2.75) is 19.9 Å². The molecule has 0 spiro atoms. The van der Waals surface area contributed by atoms with Gasteiger partial charge in [-0.3, -0.25) is 4.68 Å². The van der Waals surface area contributed by atoms with Crippen LogP contribution in [0.4, 0.5) is 15.9 Å². The average molecular weight is 337 g/mol. The van der Waals surface area contributed by atoms with Crippen molar-refractivity contribution in [1.82, 2.24) is 29.6 Å². The molecule has 4 aromatic rings. The molecule has 0 saturated heterocycles. The maximum atomic E-state index is 13.5. The summed E-state index contributed by atoms with van der Waals surface area (Å²) in [6, 6.07) is 9.83. The molecule has 1 N–H and O–H groups in total. The number of aryl methyl sites for hydroxylation is 1. The Bertz CT molecular complexity index is 1020. The van der Waals surface area contributed by atoms with Crippen LogP contribution in [0.5, 0.6) is 0 Å². The molecular formula is C17H16FN7. The first-order chi connectivity index (χ1) is 12.2. The Labute approximate surface area is 143 Å². The molecule has 3 aromatic heterocycles. The number of hydrogen-bond donors (Lipinski definition) is 1. The standard InChI is InChI=1S/C17H16FN7/c1-2-8-24-11-14(10-19-24)20-15-6-7-16-21-22-17(25(16)23-15)12-4-3-5-13(18)9-12/h3-7,9-11H,2,8H2,1H3,(H,20,23). The fourth-order valence-electron chi connectivity index (χ4n) is 2.59. The summed E-state index contributed by atoms with van der Waals surface area (Å²) in [7, 11) is 0. The molecule has 0 atom stereocenters. The summed E-state index contributed by atoms with van der Waals surface area (Å²) in [5.74, 6) is 0.785. The number of nitrogens with one attached hydrogen (secondary N) is 1. The van der Waals surface area contributed by atoms with E-state index >= 15 is 0 Å². The van der Waals surface area contributed by atoms with Crippen LogP contribution in [-0.2, 0) is 6.54 Å². The molecule has 3 heterocycles. The number of nitrogens with zero attached hydrogens (tertiary/aromatic N) is 6. The van der Waals surface area contributed by atoms with Gasteiger partial charge in [0, 0.05) is 18.3 Å². The van der Waals surface area contributed by atoms with Gasteiger partial charge in [-0.15, -0.1) is 15.3 Å². The zero-order valence-corrected chi connectivity index (χ0v) is 13.6. The highest BCUT2D eigenvalue weighted by Crippen LogP contribution is 2.20. The van der Waals surface area contributed by atoms with E-state index < -0.39 is 0 Å². The normalized spacial score (nSPS) is 11.1. The van der Waals surface area contributed by atoms with E-state index in [0.29, 0.717) is 22.9 Å². The van der Waals surface area contributed by atoms with Crippen LogP contribution in [0.1, 0.15) is 13.3 Å². The molecule has 0 bridgehead atoms. The van der Waals surface area contributed by atoms with Gasteiger partial charge in [-0.1, -0.05) is 19.1 Å². The molecule has 126 valence electrons. The van der Waals surface area contributed by atoms with Crippen molar-refractivity contribution < 1.29 is 4.39 Å². The van der Waals surface area contributed by atoms with Gasteiger partial charge in [0.15, 0.2) is 17.3 Å². The zero-order chi connectivity index (χ0) is 17.2. The smallest absolute Gasteiger partial charge is 0.185 e. The fourth-order valence-corrected chi connectivity index (χ4v) is 2.59. The molecule has 0 aliphatic heterocycles. The zero-order valence-electron chi connectivity index (χ0n) is 13.6. The number of halogens is 1. The molecule has 0 unspecified atom stereocenters. The first kappa shape index (κ1) is 15.3. The van der Waals surface area contributed by atoms with Gasteiger partial charge in [0.1, 0.15) is 5.82 Å². The summed E-state index contributed by atoms with van der Waals surface area (Å²) in [4.78, 5) is 0. The maximum absolute atomic E-state index is 13.5. The highest BCUT2D eigenvalue weighted by atomic mass is 19.1. The summed E-state index contributed by atoms with van der Waals surface area (Å²) in [6.07, 6.45) is 4.69. The molecule has 1 aromatic carbocycles. The Hall–Kier alpha value is -3.29. The molecule has 0 amide bonds. The van der Waals surface area contributed by atoms with Crippen LogP contribution in [0.2, 0.25) is 0 Å². The fraction of sp³-hybridized carbons (Fsp3) is 0.176. The van der Waals surface area contributed by atoms with Gasteiger partial charge in [-0.25, -0.2) is 4.39 Å². The van der Waals surface area contributed by atoms with Crippen LogP contribution in [0.15, 0.2) is 48.8 Å². The number of hydrogen-bond acceptors (Lipinski definition) is 5. The van der Waals surface area contributed by atoms with Crippen molar-refractivity contribution in [2.24, 2.45) is 0 Å². The predicted molar refractivity (Wildman–Crippen MR) is 92.0 cm³/mol.